The van der Waals surface area contributed by atoms with Gasteiger partial charge in [-0.2, -0.15) is 5.26 Å². The lowest BCUT2D eigenvalue weighted by molar-refractivity contribution is 0.596. The Balaban J connectivity index is 2.55. The Morgan fingerprint density at radius 3 is 2.28 bits per heavy atom. The quantitative estimate of drug-likeness (QED) is 0.831. The first kappa shape index (κ1) is 12.3. The highest BCUT2D eigenvalue weighted by Crippen LogP contribution is 2.21. The second-order valence-electron chi connectivity index (χ2n) is 3.96. The van der Waals surface area contributed by atoms with E-state index in [0.717, 1.165) is 5.56 Å². The molecule has 90 valence electrons. The third-order valence-corrected chi connectivity index (χ3v) is 4.37. The molecule has 0 aromatic heterocycles. The van der Waals surface area contributed by atoms with Crippen molar-refractivity contribution in [2.75, 3.05) is 0 Å². The molecule has 2 rings (SSSR count). The summed E-state index contributed by atoms with van der Waals surface area (Å²) in [5.74, 6) is 0. The topological polar surface area (TPSA) is 57.9 Å². The molecule has 0 heterocycles. The highest BCUT2D eigenvalue weighted by molar-refractivity contribution is 7.91. The van der Waals surface area contributed by atoms with E-state index in [1.165, 1.54) is 12.1 Å². The fourth-order valence-electron chi connectivity index (χ4n) is 1.59. The van der Waals surface area contributed by atoms with E-state index < -0.39 is 9.84 Å². The molecule has 3 nitrogen and oxygen atoms in total. The van der Waals surface area contributed by atoms with Crippen molar-refractivity contribution in [3.63, 3.8) is 0 Å². The molecule has 2 aromatic rings. The van der Waals surface area contributed by atoms with Crippen LogP contribution >= 0.6 is 0 Å². The van der Waals surface area contributed by atoms with E-state index in [1.54, 1.807) is 36.4 Å². The maximum absolute atomic E-state index is 12.3. The van der Waals surface area contributed by atoms with Crippen LogP contribution in [0.5, 0.6) is 0 Å². The molecule has 0 aliphatic carbocycles. The average molecular weight is 257 g/mol. The van der Waals surface area contributed by atoms with Crippen molar-refractivity contribution in [2.24, 2.45) is 0 Å². The highest BCUT2D eigenvalue weighted by Gasteiger charge is 2.17. The minimum Gasteiger partial charge on any atom is -0.219 e. The van der Waals surface area contributed by atoms with Gasteiger partial charge in [0, 0.05) is 0 Å². The maximum Gasteiger partial charge on any atom is 0.206 e. The lowest BCUT2D eigenvalue weighted by Gasteiger charge is -2.05. The molecule has 0 amide bonds. The van der Waals surface area contributed by atoms with Crippen molar-refractivity contribution in [1.29, 1.82) is 5.26 Å². The van der Waals surface area contributed by atoms with Crippen LogP contribution in [0.2, 0.25) is 0 Å². The molecule has 0 bridgehead atoms. The van der Waals surface area contributed by atoms with E-state index in [9.17, 15) is 8.42 Å². The van der Waals surface area contributed by atoms with Gasteiger partial charge in [-0.15, -0.1) is 0 Å². The predicted molar refractivity (Wildman–Crippen MR) is 67.8 cm³/mol. The third-order valence-electron chi connectivity index (χ3n) is 2.60. The van der Waals surface area contributed by atoms with E-state index in [4.69, 9.17) is 5.26 Å². The fourth-order valence-corrected chi connectivity index (χ4v) is 2.89. The third kappa shape index (κ3) is 2.27. The predicted octanol–water partition coefficient (Wildman–Crippen LogP) is 2.70. The van der Waals surface area contributed by atoms with Crippen molar-refractivity contribution in [3.8, 4) is 6.07 Å². The van der Waals surface area contributed by atoms with Gasteiger partial charge in [0.05, 0.1) is 21.4 Å². The second kappa shape index (κ2) is 4.63. The number of hydrogen-bond acceptors (Lipinski definition) is 3. The summed E-state index contributed by atoms with van der Waals surface area (Å²) in [5.41, 5.74) is 1.34. The number of rotatable bonds is 2. The molecule has 0 aliphatic rings. The molecule has 18 heavy (non-hydrogen) atoms. The van der Waals surface area contributed by atoms with Gasteiger partial charge in [-0.25, -0.2) is 8.42 Å². The summed E-state index contributed by atoms with van der Waals surface area (Å²) in [6.45, 7) is 1.90. The van der Waals surface area contributed by atoms with Crippen molar-refractivity contribution in [2.45, 2.75) is 16.7 Å². The number of benzene rings is 2. The number of aryl methyl sites for hydroxylation is 1. The lowest BCUT2D eigenvalue weighted by Crippen LogP contribution is -2.02. The van der Waals surface area contributed by atoms with E-state index >= 15 is 0 Å². The largest absolute Gasteiger partial charge is 0.219 e. The van der Waals surface area contributed by atoms with Crippen LogP contribution in [0.1, 0.15) is 11.1 Å². The molecule has 0 N–H and O–H groups in total. The first-order valence-corrected chi connectivity index (χ1v) is 6.84. The standard InChI is InChI=1S/C14H11NO2S/c1-11-5-7-13(8-6-11)18(16,17)14-4-2-3-12(9-14)10-15/h2-9H,1H3. The van der Waals surface area contributed by atoms with E-state index in [0.29, 0.717) is 5.56 Å². The van der Waals surface area contributed by atoms with Gasteiger partial charge in [-0.05, 0) is 37.3 Å². The first-order chi connectivity index (χ1) is 8.54. The molecule has 0 saturated heterocycles. The molecular weight excluding hydrogens is 246 g/mol. The van der Waals surface area contributed by atoms with Crippen LogP contribution in [0.15, 0.2) is 58.3 Å². The van der Waals surface area contributed by atoms with Crippen molar-refractivity contribution in [1.82, 2.24) is 0 Å². The Hall–Kier alpha value is -2.12. The van der Waals surface area contributed by atoms with Gasteiger partial charge in [-0.3, -0.25) is 0 Å². The van der Waals surface area contributed by atoms with Gasteiger partial charge in [0.15, 0.2) is 0 Å². The number of sulfone groups is 1. The van der Waals surface area contributed by atoms with Crippen LogP contribution in [-0.4, -0.2) is 8.42 Å². The number of nitriles is 1. The first-order valence-electron chi connectivity index (χ1n) is 5.36. The van der Waals surface area contributed by atoms with Gasteiger partial charge < -0.3 is 0 Å². The lowest BCUT2D eigenvalue weighted by atomic mass is 10.2. The van der Waals surface area contributed by atoms with Gasteiger partial charge >= 0.3 is 0 Å². The highest BCUT2D eigenvalue weighted by atomic mass is 32.2. The zero-order chi connectivity index (χ0) is 13.2. The number of hydrogen-bond donors (Lipinski definition) is 0. The molecule has 0 radical (unpaired) electrons. The van der Waals surface area contributed by atoms with Crippen molar-refractivity contribution < 1.29 is 8.42 Å². The molecule has 2 aromatic carbocycles. The van der Waals surface area contributed by atoms with E-state index in [2.05, 4.69) is 0 Å². The van der Waals surface area contributed by atoms with Crippen LogP contribution < -0.4 is 0 Å². The second-order valence-corrected chi connectivity index (χ2v) is 5.91. The Morgan fingerprint density at radius 2 is 1.67 bits per heavy atom. The summed E-state index contributed by atoms with van der Waals surface area (Å²) in [4.78, 5) is 0.383. The Morgan fingerprint density at radius 1 is 1.00 bits per heavy atom. The van der Waals surface area contributed by atoms with Crippen LogP contribution in [0.4, 0.5) is 0 Å². The van der Waals surface area contributed by atoms with Crippen molar-refractivity contribution in [3.05, 3.63) is 59.7 Å². The smallest absolute Gasteiger partial charge is 0.206 e. The Bertz CT molecular complexity index is 710. The summed E-state index contributed by atoms with van der Waals surface area (Å²) in [5, 5.41) is 8.79. The normalized spacial score (nSPS) is 10.9. The van der Waals surface area contributed by atoms with Gasteiger partial charge in [0.2, 0.25) is 9.84 Å². The SMILES string of the molecule is Cc1ccc(S(=O)(=O)c2cccc(C#N)c2)cc1. The number of nitrogens with zero attached hydrogens (tertiary/aromatic N) is 1. The van der Waals surface area contributed by atoms with Crippen LogP contribution in [0.3, 0.4) is 0 Å². The summed E-state index contributed by atoms with van der Waals surface area (Å²) in [6, 6.07) is 14.6. The minimum atomic E-state index is -3.54. The maximum atomic E-state index is 12.3. The summed E-state index contributed by atoms with van der Waals surface area (Å²) in [7, 11) is -3.54. The molecule has 0 atom stereocenters. The summed E-state index contributed by atoms with van der Waals surface area (Å²) < 4.78 is 24.6. The molecule has 0 fully saturated rings. The van der Waals surface area contributed by atoms with Crippen LogP contribution in [0, 0.1) is 18.3 Å². The van der Waals surface area contributed by atoms with Crippen LogP contribution in [0.25, 0.3) is 0 Å². The monoisotopic (exact) mass is 257 g/mol. The Kier molecular flexibility index (Phi) is 3.17. The Labute approximate surface area is 106 Å². The summed E-state index contributed by atoms with van der Waals surface area (Å²) in [6.07, 6.45) is 0. The van der Waals surface area contributed by atoms with Gasteiger partial charge in [0.1, 0.15) is 0 Å². The van der Waals surface area contributed by atoms with Gasteiger partial charge in [0.25, 0.3) is 0 Å². The zero-order valence-electron chi connectivity index (χ0n) is 9.79. The van der Waals surface area contributed by atoms with Crippen LogP contribution in [-0.2, 0) is 9.84 Å². The molecule has 0 unspecified atom stereocenters. The zero-order valence-corrected chi connectivity index (χ0v) is 10.6. The molecule has 4 heteroatoms. The van der Waals surface area contributed by atoms with E-state index in [-0.39, 0.29) is 9.79 Å². The minimum absolute atomic E-state index is 0.144. The molecular formula is C14H11NO2S. The summed E-state index contributed by atoms with van der Waals surface area (Å²) >= 11 is 0. The molecule has 0 saturated carbocycles. The van der Waals surface area contributed by atoms with Crippen molar-refractivity contribution >= 4 is 9.84 Å². The van der Waals surface area contributed by atoms with Gasteiger partial charge in [-0.1, -0.05) is 23.8 Å². The fraction of sp³-hybridized carbons (Fsp3) is 0.0714. The molecule has 0 spiro atoms. The van der Waals surface area contributed by atoms with E-state index in [1.807, 2.05) is 13.0 Å². The molecule has 0 aliphatic heterocycles. The average Bonchev–Trinajstić information content (AvgIpc) is 2.39.